The lowest BCUT2D eigenvalue weighted by atomic mass is 9.77. The predicted octanol–water partition coefficient (Wildman–Crippen LogP) is 4.95. The van der Waals surface area contributed by atoms with E-state index in [0.717, 1.165) is 27.7 Å². The monoisotopic (exact) mass is 338 g/mol. The molecular formula is C21H23FN2O. The van der Waals surface area contributed by atoms with E-state index in [1.165, 1.54) is 0 Å². The van der Waals surface area contributed by atoms with Crippen LogP contribution in [0.25, 0.3) is 22.0 Å². The van der Waals surface area contributed by atoms with Gasteiger partial charge in [0.05, 0.1) is 17.2 Å². The molecule has 2 aromatic carbocycles. The van der Waals surface area contributed by atoms with Gasteiger partial charge in [-0.3, -0.25) is 0 Å². The van der Waals surface area contributed by atoms with Gasteiger partial charge in [0.15, 0.2) is 0 Å². The number of anilines is 1. The average Bonchev–Trinajstić information content (AvgIpc) is 3.06. The van der Waals surface area contributed by atoms with Gasteiger partial charge in [0.1, 0.15) is 5.82 Å². The number of fused-ring (bicyclic) bond motifs is 2. The molecule has 0 spiro atoms. The Bertz CT molecular complexity index is 973. The summed E-state index contributed by atoms with van der Waals surface area (Å²) in [4.78, 5) is 3.21. The lowest BCUT2D eigenvalue weighted by Gasteiger charge is -2.43. The summed E-state index contributed by atoms with van der Waals surface area (Å²) in [5.74, 6) is -0.292. The fraction of sp³-hybridized carbons (Fsp3) is 0.333. The van der Waals surface area contributed by atoms with Crippen LogP contribution in [-0.4, -0.2) is 21.7 Å². The third kappa shape index (κ3) is 2.28. The Morgan fingerprint density at radius 2 is 1.92 bits per heavy atom. The Morgan fingerprint density at radius 1 is 1.16 bits per heavy atom. The number of aliphatic hydroxyl groups is 1. The third-order valence-corrected chi connectivity index (χ3v) is 5.56. The van der Waals surface area contributed by atoms with Crippen LogP contribution in [0.5, 0.6) is 0 Å². The molecular weight excluding hydrogens is 315 g/mol. The summed E-state index contributed by atoms with van der Waals surface area (Å²) < 4.78 is 15.3. The second-order valence-electron chi connectivity index (χ2n) is 7.66. The molecule has 1 aliphatic heterocycles. The first-order valence-corrected chi connectivity index (χ1v) is 8.67. The molecule has 0 aliphatic carbocycles. The summed E-state index contributed by atoms with van der Waals surface area (Å²) in [6.45, 7) is 7.70. The molecule has 0 amide bonds. The fourth-order valence-electron chi connectivity index (χ4n) is 4.04. The minimum Gasteiger partial charge on any atom is -0.390 e. The number of hydrogen-bond acceptors (Lipinski definition) is 2. The van der Waals surface area contributed by atoms with Crippen LogP contribution >= 0.6 is 0 Å². The van der Waals surface area contributed by atoms with Gasteiger partial charge in [-0.2, -0.15) is 0 Å². The van der Waals surface area contributed by atoms with E-state index in [2.05, 4.69) is 10.3 Å². The molecule has 2 atom stereocenters. The molecule has 4 heteroatoms. The van der Waals surface area contributed by atoms with Crippen molar-refractivity contribution < 1.29 is 9.50 Å². The molecule has 3 N–H and O–H groups in total. The number of aromatic nitrogens is 1. The van der Waals surface area contributed by atoms with E-state index in [4.69, 9.17) is 0 Å². The molecule has 1 aliphatic rings. The first-order valence-electron chi connectivity index (χ1n) is 8.67. The SMILES string of the molecule is Cc1c(F)c(-c2cccc3cc[nH]c23)cc2c1NC(C)(C)[C@H](O)[C@H]2C. The number of aliphatic hydroxyl groups excluding tert-OH is 1. The molecule has 0 saturated heterocycles. The maximum absolute atomic E-state index is 15.3. The number of halogens is 1. The molecule has 1 aromatic heterocycles. The van der Waals surface area contributed by atoms with Gasteiger partial charge in [-0.15, -0.1) is 0 Å². The predicted molar refractivity (Wildman–Crippen MR) is 101 cm³/mol. The Labute approximate surface area is 146 Å². The van der Waals surface area contributed by atoms with Crippen LogP contribution in [0, 0.1) is 12.7 Å². The highest BCUT2D eigenvalue weighted by molar-refractivity contribution is 5.95. The van der Waals surface area contributed by atoms with Crippen molar-refractivity contribution in [3.05, 3.63) is 53.5 Å². The van der Waals surface area contributed by atoms with Gasteiger partial charge in [-0.25, -0.2) is 4.39 Å². The molecule has 3 aromatic rings. The first-order chi connectivity index (χ1) is 11.8. The minimum atomic E-state index is -0.543. The number of rotatable bonds is 1. The maximum Gasteiger partial charge on any atom is 0.136 e. The van der Waals surface area contributed by atoms with E-state index in [0.29, 0.717) is 11.1 Å². The highest BCUT2D eigenvalue weighted by atomic mass is 19.1. The van der Waals surface area contributed by atoms with Crippen molar-refractivity contribution in [2.45, 2.75) is 45.3 Å². The van der Waals surface area contributed by atoms with E-state index in [9.17, 15) is 5.11 Å². The Kier molecular flexibility index (Phi) is 3.45. The van der Waals surface area contributed by atoms with Gasteiger partial charge in [0.2, 0.25) is 0 Å². The van der Waals surface area contributed by atoms with E-state index in [-0.39, 0.29) is 11.7 Å². The number of benzene rings is 2. The normalized spacial score (nSPS) is 21.8. The maximum atomic E-state index is 15.3. The lowest BCUT2D eigenvalue weighted by molar-refractivity contribution is 0.0868. The second-order valence-corrected chi connectivity index (χ2v) is 7.66. The molecule has 0 radical (unpaired) electrons. The van der Waals surface area contributed by atoms with E-state index in [1.54, 1.807) is 6.92 Å². The Hall–Kier alpha value is -2.33. The standard InChI is InChI=1S/C21H23FN2O/c1-11-15-10-16(14-7-5-6-13-8-9-23-19(13)14)17(22)12(2)18(15)24-21(3,4)20(11)25/h5-11,20,23-25H,1-4H3/t11-,20+/m0/s1. The highest BCUT2D eigenvalue weighted by Gasteiger charge is 2.40. The van der Waals surface area contributed by atoms with Crippen LogP contribution in [0.2, 0.25) is 0 Å². The van der Waals surface area contributed by atoms with Crippen LogP contribution in [0.3, 0.4) is 0 Å². The van der Waals surface area contributed by atoms with Gasteiger partial charge in [0.25, 0.3) is 0 Å². The van der Waals surface area contributed by atoms with Crippen molar-refractivity contribution in [3.63, 3.8) is 0 Å². The zero-order valence-corrected chi connectivity index (χ0v) is 14.9. The van der Waals surface area contributed by atoms with E-state index >= 15 is 4.39 Å². The molecule has 0 fully saturated rings. The number of aromatic amines is 1. The topological polar surface area (TPSA) is 48.0 Å². The Morgan fingerprint density at radius 3 is 2.68 bits per heavy atom. The molecule has 25 heavy (non-hydrogen) atoms. The third-order valence-electron chi connectivity index (χ3n) is 5.56. The number of H-pyrrole nitrogens is 1. The van der Waals surface area contributed by atoms with E-state index < -0.39 is 11.6 Å². The lowest BCUT2D eigenvalue weighted by Crippen LogP contribution is -2.50. The van der Waals surface area contributed by atoms with Crippen molar-refractivity contribution in [2.75, 3.05) is 5.32 Å². The molecule has 0 bridgehead atoms. The van der Waals surface area contributed by atoms with Gasteiger partial charge < -0.3 is 15.4 Å². The van der Waals surface area contributed by atoms with Crippen LogP contribution in [-0.2, 0) is 0 Å². The molecule has 2 heterocycles. The van der Waals surface area contributed by atoms with Gasteiger partial charge in [-0.1, -0.05) is 25.1 Å². The number of para-hydroxylation sites is 1. The highest BCUT2D eigenvalue weighted by Crippen LogP contribution is 2.44. The molecule has 0 unspecified atom stereocenters. The van der Waals surface area contributed by atoms with Crippen molar-refractivity contribution in [1.29, 1.82) is 0 Å². The zero-order valence-electron chi connectivity index (χ0n) is 14.9. The fourth-order valence-corrected chi connectivity index (χ4v) is 4.04. The number of hydrogen-bond donors (Lipinski definition) is 3. The average molecular weight is 338 g/mol. The summed E-state index contributed by atoms with van der Waals surface area (Å²) in [6.07, 6.45) is 1.33. The first kappa shape index (κ1) is 16.2. The molecule has 3 nitrogen and oxygen atoms in total. The van der Waals surface area contributed by atoms with Crippen LogP contribution in [0.1, 0.15) is 37.8 Å². The smallest absolute Gasteiger partial charge is 0.136 e. The van der Waals surface area contributed by atoms with Gasteiger partial charge >= 0.3 is 0 Å². The second kappa shape index (κ2) is 5.33. The zero-order chi connectivity index (χ0) is 17.9. The summed E-state index contributed by atoms with van der Waals surface area (Å²) in [7, 11) is 0. The molecule has 0 saturated carbocycles. The van der Waals surface area contributed by atoms with Crippen molar-refractivity contribution in [3.8, 4) is 11.1 Å². The van der Waals surface area contributed by atoms with Gasteiger partial charge in [0, 0.05) is 34.5 Å². The summed E-state index contributed by atoms with van der Waals surface area (Å²) >= 11 is 0. The summed E-state index contributed by atoms with van der Waals surface area (Å²) in [6, 6.07) is 9.76. The quantitative estimate of drug-likeness (QED) is 0.588. The molecule has 4 rings (SSSR count). The summed E-state index contributed by atoms with van der Waals surface area (Å²) in [5.41, 5.74) is 4.22. The Balaban J connectivity index is 1.99. The van der Waals surface area contributed by atoms with Crippen molar-refractivity contribution in [1.82, 2.24) is 4.98 Å². The number of nitrogens with one attached hydrogen (secondary N) is 2. The van der Waals surface area contributed by atoms with Crippen molar-refractivity contribution >= 4 is 16.6 Å². The van der Waals surface area contributed by atoms with Crippen LogP contribution in [0.15, 0.2) is 36.5 Å². The largest absolute Gasteiger partial charge is 0.390 e. The van der Waals surface area contributed by atoms with Crippen LogP contribution < -0.4 is 5.32 Å². The van der Waals surface area contributed by atoms with Crippen LogP contribution in [0.4, 0.5) is 10.1 Å². The minimum absolute atomic E-state index is 0.0767. The van der Waals surface area contributed by atoms with Crippen molar-refractivity contribution in [2.24, 2.45) is 0 Å². The summed E-state index contributed by atoms with van der Waals surface area (Å²) in [5, 5.41) is 15.0. The molecule has 130 valence electrons. The van der Waals surface area contributed by atoms with Gasteiger partial charge in [-0.05, 0) is 43.9 Å². The van der Waals surface area contributed by atoms with E-state index in [1.807, 2.05) is 57.3 Å².